The molecule has 1 aromatic rings. The Balaban J connectivity index is 1.73. The SMILES string of the molecule is Cc1cnnc(NCCC2CCOC2)c1. The maximum atomic E-state index is 5.32. The van der Waals surface area contributed by atoms with Crippen molar-refractivity contribution >= 4 is 5.82 Å². The Morgan fingerprint density at radius 1 is 1.60 bits per heavy atom. The number of nitrogens with one attached hydrogen (secondary N) is 1. The zero-order valence-electron chi connectivity index (χ0n) is 9.07. The smallest absolute Gasteiger partial charge is 0.148 e. The number of ether oxygens (including phenoxy) is 1. The number of hydrogen-bond donors (Lipinski definition) is 1. The van der Waals surface area contributed by atoms with E-state index in [0.29, 0.717) is 0 Å². The Labute approximate surface area is 90.1 Å². The predicted molar refractivity (Wildman–Crippen MR) is 58.8 cm³/mol. The lowest BCUT2D eigenvalue weighted by atomic mass is 10.1. The van der Waals surface area contributed by atoms with Crippen LogP contribution in [0.1, 0.15) is 18.4 Å². The van der Waals surface area contributed by atoms with E-state index >= 15 is 0 Å². The molecule has 0 aromatic carbocycles. The van der Waals surface area contributed by atoms with Crippen LogP contribution < -0.4 is 5.32 Å². The minimum absolute atomic E-state index is 0.718. The van der Waals surface area contributed by atoms with Gasteiger partial charge in [-0.3, -0.25) is 0 Å². The zero-order chi connectivity index (χ0) is 10.5. The van der Waals surface area contributed by atoms with Crippen molar-refractivity contribution in [3.8, 4) is 0 Å². The van der Waals surface area contributed by atoms with Gasteiger partial charge in [-0.25, -0.2) is 0 Å². The van der Waals surface area contributed by atoms with Gasteiger partial charge in [0.1, 0.15) is 5.82 Å². The minimum Gasteiger partial charge on any atom is -0.381 e. The molecule has 4 nitrogen and oxygen atoms in total. The molecule has 2 heterocycles. The van der Waals surface area contributed by atoms with Crippen molar-refractivity contribution in [2.75, 3.05) is 25.1 Å². The van der Waals surface area contributed by atoms with Gasteiger partial charge in [0.25, 0.3) is 0 Å². The van der Waals surface area contributed by atoms with Crippen molar-refractivity contribution < 1.29 is 4.74 Å². The van der Waals surface area contributed by atoms with Gasteiger partial charge in [-0.1, -0.05) is 0 Å². The maximum Gasteiger partial charge on any atom is 0.148 e. The van der Waals surface area contributed by atoms with E-state index in [9.17, 15) is 0 Å². The lowest BCUT2D eigenvalue weighted by Crippen LogP contribution is -2.10. The van der Waals surface area contributed by atoms with Crippen LogP contribution in [-0.4, -0.2) is 30.0 Å². The lowest BCUT2D eigenvalue weighted by Gasteiger charge is -2.08. The van der Waals surface area contributed by atoms with Crippen molar-refractivity contribution in [1.29, 1.82) is 0 Å². The van der Waals surface area contributed by atoms with E-state index in [1.807, 2.05) is 13.0 Å². The summed E-state index contributed by atoms with van der Waals surface area (Å²) < 4.78 is 5.32. The molecule has 1 aliphatic heterocycles. The molecule has 15 heavy (non-hydrogen) atoms. The number of nitrogens with zero attached hydrogens (tertiary/aromatic N) is 2. The molecule has 0 aliphatic carbocycles. The molecule has 1 unspecified atom stereocenters. The highest BCUT2D eigenvalue weighted by molar-refractivity contribution is 5.34. The van der Waals surface area contributed by atoms with Crippen LogP contribution in [0.2, 0.25) is 0 Å². The molecule has 0 saturated carbocycles. The van der Waals surface area contributed by atoms with Crippen molar-refractivity contribution in [1.82, 2.24) is 10.2 Å². The monoisotopic (exact) mass is 207 g/mol. The summed E-state index contributed by atoms with van der Waals surface area (Å²) in [5.74, 6) is 1.59. The van der Waals surface area contributed by atoms with Gasteiger partial charge in [0.2, 0.25) is 0 Å². The molecule has 1 saturated heterocycles. The van der Waals surface area contributed by atoms with Gasteiger partial charge in [0, 0.05) is 19.8 Å². The Kier molecular flexibility index (Phi) is 3.50. The van der Waals surface area contributed by atoms with Crippen LogP contribution >= 0.6 is 0 Å². The second kappa shape index (κ2) is 5.07. The van der Waals surface area contributed by atoms with Crippen LogP contribution in [-0.2, 0) is 4.74 Å². The third-order valence-electron chi connectivity index (χ3n) is 2.67. The summed E-state index contributed by atoms with van der Waals surface area (Å²) in [7, 11) is 0. The average Bonchev–Trinajstić information content (AvgIpc) is 2.71. The Morgan fingerprint density at radius 3 is 3.27 bits per heavy atom. The summed E-state index contributed by atoms with van der Waals surface area (Å²) in [4.78, 5) is 0. The van der Waals surface area contributed by atoms with Crippen LogP contribution in [0.15, 0.2) is 12.3 Å². The molecule has 0 spiro atoms. The summed E-state index contributed by atoms with van der Waals surface area (Å²) in [5, 5.41) is 11.2. The highest BCUT2D eigenvalue weighted by Gasteiger charge is 2.14. The van der Waals surface area contributed by atoms with E-state index < -0.39 is 0 Å². The van der Waals surface area contributed by atoms with Crippen LogP contribution in [0, 0.1) is 12.8 Å². The van der Waals surface area contributed by atoms with Crippen molar-refractivity contribution in [2.24, 2.45) is 5.92 Å². The Morgan fingerprint density at radius 2 is 2.53 bits per heavy atom. The first-order valence-electron chi connectivity index (χ1n) is 5.45. The first kappa shape index (κ1) is 10.4. The average molecular weight is 207 g/mol. The normalized spacial score (nSPS) is 20.5. The van der Waals surface area contributed by atoms with Crippen LogP contribution in [0.25, 0.3) is 0 Å². The van der Waals surface area contributed by atoms with Crippen molar-refractivity contribution in [2.45, 2.75) is 19.8 Å². The molecule has 0 bridgehead atoms. The van der Waals surface area contributed by atoms with E-state index in [-0.39, 0.29) is 0 Å². The second-order valence-electron chi connectivity index (χ2n) is 4.06. The molecule has 1 N–H and O–H groups in total. The van der Waals surface area contributed by atoms with E-state index in [1.54, 1.807) is 6.20 Å². The quantitative estimate of drug-likeness (QED) is 0.815. The zero-order valence-corrected chi connectivity index (χ0v) is 9.07. The summed E-state index contributed by atoms with van der Waals surface area (Å²) in [6.45, 7) is 4.81. The van der Waals surface area contributed by atoms with Gasteiger partial charge in [-0.2, -0.15) is 5.10 Å². The van der Waals surface area contributed by atoms with Crippen molar-refractivity contribution in [3.05, 3.63) is 17.8 Å². The summed E-state index contributed by atoms with van der Waals surface area (Å²) in [5.41, 5.74) is 1.14. The topological polar surface area (TPSA) is 47.0 Å². The molecule has 1 fully saturated rings. The predicted octanol–water partition coefficient (Wildman–Crippen LogP) is 1.62. The summed E-state index contributed by atoms with van der Waals surface area (Å²) in [6, 6.07) is 2.01. The van der Waals surface area contributed by atoms with E-state index in [0.717, 1.165) is 43.5 Å². The van der Waals surface area contributed by atoms with Gasteiger partial charge in [-0.15, -0.1) is 5.10 Å². The standard InChI is InChI=1S/C11H17N3O/c1-9-6-11(14-13-7-9)12-4-2-10-3-5-15-8-10/h6-7,10H,2-5,8H2,1H3,(H,12,14). The van der Waals surface area contributed by atoms with Gasteiger partial charge < -0.3 is 10.1 Å². The highest BCUT2D eigenvalue weighted by Crippen LogP contribution is 2.16. The molecule has 1 aliphatic rings. The van der Waals surface area contributed by atoms with Gasteiger partial charge in [0.05, 0.1) is 6.20 Å². The van der Waals surface area contributed by atoms with Gasteiger partial charge in [-0.05, 0) is 37.3 Å². The summed E-state index contributed by atoms with van der Waals surface area (Å²) >= 11 is 0. The number of rotatable bonds is 4. The van der Waals surface area contributed by atoms with Gasteiger partial charge >= 0.3 is 0 Å². The van der Waals surface area contributed by atoms with Crippen LogP contribution in [0.3, 0.4) is 0 Å². The molecular formula is C11H17N3O. The van der Waals surface area contributed by atoms with E-state index in [1.165, 1.54) is 6.42 Å². The minimum atomic E-state index is 0.718. The molecule has 82 valence electrons. The molecule has 0 amide bonds. The molecule has 0 radical (unpaired) electrons. The van der Waals surface area contributed by atoms with Crippen LogP contribution in [0.4, 0.5) is 5.82 Å². The first-order chi connectivity index (χ1) is 7.34. The fourth-order valence-electron chi connectivity index (χ4n) is 1.77. The second-order valence-corrected chi connectivity index (χ2v) is 4.06. The molecule has 4 heteroatoms. The van der Waals surface area contributed by atoms with E-state index in [2.05, 4.69) is 15.5 Å². The maximum absolute atomic E-state index is 5.32. The Bertz CT molecular complexity index is 310. The molecule has 1 atom stereocenters. The largest absolute Gasteiger partial charge is 0.381 e. The Hall–Kier alpha value is -1.16. The van der Waals surface area contributed by atoms with E-state index in [4.69, 9.17) is 4.74 Å². The number of anilines is 1. The van der Waals surface area contributed by atoms with Gasteiger partial charge in [0.15, 0.2) is 0 Å². The first-order valence-corrected chi connectivity index (χ1v) is 5.45. The molecule has 2 rings (SSSR count). The van der Waals surface area contributed by atoms with Crippen molar-refractivity contribution in [3.63, 3.8) is 0 Å². The number of aromatic nitrogens is 2. The number of aryl methyl sites for hydroxylation is 1. The lowest BCUT2D eigenvalue weighted by molar-refractivity contribution is 0.185. The summed E-state index contributed by atoms with van der Waals surface area (Å²) in [6.07, 6.45) is 4.10. The highest BCUT2D eigenvalue weighted by atomic mass is 16.5. The fraction of sp³-hybridized carbons (Fsp3) is 0.636. The fourth-order valence-corrected chi connectivity index (χ4v) is 1.77. The number of hydrogen-bond acceptors (Lipinski definition) is 4. The third kappa shape index (κ3) is 3.16. The molecular weight excluding hydrogens is 190 g/mol. The van der Waals surface area contributed by atoms with Crippen LogP contribution in [0.5, 0.6) is 0 Å². The molecule has 1 aromatic heterocycles. The third-order valence-corrected chi connectivity index (χ3v) is 2.67.